The summed E-state index contributed by atoms with van der Waals surface area (Å²) in [5.74, 6) is -0.290. The third-order valence-electron chi connectivity index (χ3n) is 3.57. The molecule has 0 saturated heterocycles. The maximum Gasteiger partial charge on any atom is 0.300 e. The summed E-state index contributed by atoms with van der Waals surface area (Å²) in [4.78, 5) is 26.1. The minimum Gasteiger partial charge on any atom is -0.349 e. The first-order valence-corrected chi connectivity index (χ1v) is 6.71. The van der Waals surface area contributed by atoms with E-state index in [1.165, 1.54) is 6.07 Å². The topological polar surface area (TPSA) is 111 Å². The maximum absolute atomic E-state index is 12.2. The second kappa shape index (κ2) is 6.15. The molecule has 1 aromatic rings. The minimum atomic E-state index is -0.646. The van der Waals surface area contributed by atoms with Crippen LogP contribution >= 0.6 is 11.6 Å². The molecule has 1 fully saturated rings. The van der Waals surface area contributed by atoms with Gasteiger partial charge in [0.05, 0.1) is 4.92 Å². The van der Waals surface area contributed by atoms with E-state index in [0.717, 1.165) is 25.5 Å². The van der Waals surface area contributed by atoms with Gasteiger partial charge in [0.15, 0.2) is 0 Å². The Morgan fingerprint density at radius 2 is 2.35 bits per heavy atom. The molecular weight excluding hydrogens is 284 g/mol. The van der Waals surface area contributed by atoms with E-state index in [0.29, 0.717) is 6.54 Å². The maximum atomic E-state index is 12.2. The largest absolute Gasteiger partial charge is 0.349 e. The van der Waals surface area contributed by atoms with E-state index < -0.39 is 10.8 Å². The van der Waals surface area contributed by atoms with Crippen molar-refractivity contribution in [2.45, 2.75) is 25.3 Å². The van der Waals surface area contributed by atoms with E-state index in [4.69, 9.17) is 17.3 Å². The lowest BCUT2D eigenvalue weighted by Gasteiger charge is -2.19. The van der Waals surface area contributed by atoms with Crippen molar-refractivity contribution < 1.29 is 9.72 Å². The number of hydrogen-bond donors (Lipinski definition) is 2. The molecule has 0 aliphatic heterocycles. The Hall–Kier alpha value is -1.73. The molecule has 1 heterocycles. The molecule has 1 saturated carbocycles. The number of amides is 1. The Balaban J connectivity index is 2.20. The monoisotopic (exact) mass is 298 g/mol. The van der Waals surface area contributed by atoms with Gasteiger partial charge in [0, 0.05) is 6.04 Å². The lowest BCUT2D eigenvalue weighted by molar-refractivity contribution is -0.385. The van der Waals surface area contributed by atoms with E-state index in [1.54, 1.807) is 0 Å². The fraction of sp³-hybridized carbons (Fsp3) is 0.500. The average molecular weight is 299 g/mol. The van der Waals surface area contributed by atoms with Crippen molar-refractivity contribution in [3.8, 4) is 0 Å². The van der Waals surface area contributed by atoms with Crippen molar-refractivity contribution in [2.24, 2.45) is 11.7 Å². The number of halogens is 1. The second-order valence-electron chi connectivity index (χ2n) is 4.79. The van der Waals surface area contributed by atoms with Gasteiger partial charge in [-0.15, -0.1) is 0 Å². The number of rotatable bonds is 4. The van der Waals surface area contributed by atoms with Gasteiger partial charge >= 0.3 is 0 Å². The first-order chi connectivity index (χ1) is 9.52. The van der Waals surface area contributed by atoms with Crippen LogP contribution in [0.5, 0.6) is 0 Å². The molecule has 0 aromatic carbocycles. The molecule has 1 amide bonds. The van der Waals surface area contributed by atoms with Crippen LogP contribution < -0.4 is 11.1 Å². The quantitative estimate of drug-likeness (QED) is 0.497. The standard InChI is InChI=1S/C12H15ClN4O3/c13-11-4-8(10(6-15-11)17(19)20)12(18)16-9-3-1-2-7(9)5-14/h4,6-7,9H,1-3,5,14H2,(H,16,18). The van der Waals surface area contributed by atoms with Crippen molar-refractivity contribution >= 4 is 23.2 Å². The van der Waals surface area contributed by atoms with E-state index in [9.17, 15) is 14.9 Å². The molecule has 2 unspecified atom stereocenters. The molecule has 7 nitrogen and oxygen atoms in total. The van der Waals surface area contributed by atoms with Gasteiger partial charge in [-0.05, 0) is 31.4 Å². The number of nitrogens with two attached hydrogens (primary N) is 1. The smallest absolute Gasteiger partial charge is 0.300 e. The Morgan fingerprint density at radius 3 is 3.00 bits per heavy atom. The normalized spacial score (nSPS) is 21.7. The van der Waals surface area contributed by atoms with Crippen LogP contribution in [0.3, 0.4) is 0 Å². The second-order valence-corrected chi connectivity index (χ2v) is 5.18. The fourth-order valence-corrected chi connectivity index (χ4v) is 2.66. The summed E-state index contributed by atoms with van der Waals surface area (Å²) < 4.78 is 0. The van der Waals surface area contributed by atoms with E-state index >= 15 is 0 Å². The Morgan fingerprint density at radius 1 is 1.60 bits per heavy atom. The Kier molecular flexibility index (Phi) is 4.51. The average Bonchev–Trinajstić information content (AvgIpc) is 2.85. The number of nitrogens with zero attached hydrogens (tertiary/aromatic N) is 2. The first-order valence-electron chi connectivity index (χ1n) is 6.33. The predicted molar refractivity (Wildman–Crippen MR) is 73.6 cm³/mol. The van der Waals surface area contributed by atoms with Gasteiger partial charge in [-0.2, -0.15) is 0 Å². The van der Waals surface area contributed by atoms with Crippen LogP contribution in [-0.4, -0.2) is 28.4 Å². The van der Waals surface area contributed by atoms with Crippen LogP contribution in [0.15, 0.2) is 12.3 Å². The molecule has 0 bridgehead atoms. The highest BCUT2D eigenvalue weighted by Crippen LogP contribution is 2.26. The molecule has 1 aromatic heterocycles. The summed E-state index contributed by atoms with van der Waals surface area (Å²) in [6.07, 6.45) is 3.78. The summed E-state index contributed by atoms with van der Waals surface area (Å²) in [5, 5.41) is 13.8. The molecule has 1 aliphatic carbocycles. The van der Waals surface area contributed by atoms with Gasteiger partial charge < -0.3 is 11.1 Å². The van der Waals surface area contributed by atoms with Gasteiger partial charge in [0.25, 0.3) is 11.6 Å². The summed E-state index contributed by atoms with van der Waals surface area (Å²) in [6.45, 7) is 0.490. The molecule has 3 N–H and O–H groups in total. The van der Waals surface area contributed by atoms with Gasteiger partial charge in [0.2, 0.25) is 0 Å². The Labute approximate surface area is 120 Å². The number of pyridine rings is 1. The minimum absolute atomic E-state index is 0.0426. The summed E-state index contributed by atoms with van der Waals surface area (Å²) in [7, 11) is 0. The zero-order chi connectivity index (χ0) is 14.7. The van der Waals surface area contributed by atoms with Crippen LogP contribution in [-0.2, 0) is 0 Å². The summed E-state index contributed by atoms with van der Waals surface area (Å²) in [6, 6.07) is 1.17. The number of carbonyl (C=O) groups excluding carboxylic acids is 1. The summed E-state index contributed by atoms with van der Waals surface area (Å²) >= 11 is 5.70. The van der Waals surface area contributed by atoms with Crippen molar-refractivity contribution in [3.05, 3.63) is 33.1 Å². The molecule has 0 spiro atoms. The molecule has 8 heteroatoms. The third-order valence-corrected chi connectivity index (χ3v) is 3.78. The molecular formula is C12H15ClN4O3. The van der Waals surface area contributed by atoms with Gasteiger partial charge in [-0.1, -0.05) is 18.0 Å². The zero-order valence-electron chi connectivity index (χ0n) is 10.7. The molecule has 20 heavy (non-hydrogen) atoms. The Bertz CT molecular complexity index is 537. The van der Waals surface area contributed by atoms with Gasteiger partial charge in [0.1, 0.15) is 16.9 Å². The van der Waals surface area contributed by atoms with Crippen molar-refractivity contribution in [1.29, 1.82) is 0 Å². The zero-order valence-corrected chi connectivity index (χ0v) is 11.5. The number of aromatic nitrogens is 1. The first kappa shape index (κ1) is 14.7. The summed E-state index contributed by atoms with van der Waals surface area (Å²) in [5.41, 5.74) is 5.23. The highest BCUT2D eigenvalue weighted by molar-refractivity contribution is 6.29. The molecule has 108 valence electrons. The lowest BCUT2D eigenvalue weighted by Crippen LogP contribution is -2.40. The van der Waals surface area contributed by atoms with Crippen molar-refractivity contribution in [2.75, 3.05) is 6.54 Å². The number of nitrogens with one attached hydrogen (secondary N) is 1. The third kappa shape index (κ3) is 3.05. The van der Waals surface area contributed by atoms with Gasteiger partial charge in [-0.3, -0.25) is 14.9 Å². The van der Waals surface area contributed by atoms with E-state index in [1.807, 2.05) is 0 Å². The number of carbonyl (C=O) groups is 1. The highest BCUT2D eigenvalue weighted by atomic mass is 35.5. The van der Waals surface area contributed by atoms with Crippen LogP contribution in [0.1, 0.15) is 29.6 Å². The highest BCUT2D eigenvalue weighted by Gasteiger charge is 2.30. The molecule has 2 rings (SSSR count). The fourth-order valence-electron chi connectivity index (χ4n) is 2.51. The van der Waals surface area contributed by atoms with Crippen LogP contribution in [0.2, 0.25) is 5.15 Å². The SMILES string of the molecule is NCC1CCCC1NC(=O)c1cc(Cl)ncc1[N+](=O)[O-]. The van der Waals surface area contributed by atoms with Crippen molar-refractivity contribution in [3.63, 3.8) is 0 Å². The van der Waals surface area contributed by atoms with E-state index in [2.05, 4.69) is 10.3 Å². The lowest BCUT2D eigenvalue weighted by atomic mass is 10.0. The molecule has 2 atom stereocenters. The number of nitro groups is 1. The van der Waals surface area contributed by atoms with Crippen LogP contribution in [0.25, 0.3) is 0 Å². The number of hydrogen-bond acceptors (Lipinski definition) is 5. The van der Waals surface area contributed by atoms with Gasteiger partial charge in [-0.25, -0.2) is 4.98 Å². The van der Waals surface area contributed by atoms with Crippen LogP contribution in [0.4, 0.5) is 5.69 Å². The van der Waals surface area contributed by atoms with E-state index in [-0.39, 0.29) is 28.4 Å². The molecule has 0 radical (unpaired) electrons. The predicted octanol–water partition coefficient (Wildman–Crippen LogP) is 1.50. The molecule has 1 aliphatic rings. The van der Waals surface area contributed by atoms with Crippen molar-refractivity contribution in [1.82, 2.24) is 10.3 Å². The van der Waals surface area contributed by atoms with Crippen LogP contribution in [0, 0.1) is 16.0 Å².